The minimum absolute atomic E-state index is 0.178. The maximum absolute atomic E-state index is 11.1. The van der Waals surface area contributed by atoms with Gasteiger partial charge < -0.3 is 10.1 Å². The predicted octanol–water partition coefficient (Wildman–Crippen LogP) is 0.826. The molecule has 1 rings (SSSR count). The van der Waals surface area contributed by atoms with Gasteiger partial charge >= 0.3 is 5.97 Å². The molecule has 0 amide bonds. The Bertz CT molecular complexity index is 397. The number of hydrogen-bond donors (Lipinski definition) is 3. The van der Waals surface area contributed by atoms with E-state index in [4.69, 9.17) is 10.6 Å². The van der Waals surface area contributed by atoms with Crippen molar-refractivity contribution in [3.05, 3.63) is 11.8 Å². The Balaban J connectivity index is 2.37. The number of aromatic nitrogens is 2. The molecule has 0 aliphatic rings. The molecule has 0 spiro atoms. The predicted molar refractivity (Wildman–Crippen MR) is 68.9 cm³/mol. The number of aryl methyl sites for hydroxylation is 1. The molecule has 0 atom stereocenters. The lowest BCUT2D eigenvalue weighted by Crippen LogP contribution is -2.13. The third kappa shape index (κ3) is 4.54. The zero-order chi connectivity index (χ0) is 13.4. The second-order valence-corrected chi connectivity index (χ2v) is 3.70. The van der Waals surface area contributed by atoms with Crippen LogP contribution in [0.2, 0.25) is 0 Å². The molecular formula is C11H19N5O2. The molecule has 1 aromatic heterocycles. The van der Waals surface area contributed by atoms with E-state index in [0.717, 1.165) is 5.56 Å². The molecule has 0 bridgehead atoms. The van der Waals surface area contributed by atoms with Crippen molar-refractivity contribution in [1.82, 2.24) is 9.97 Å². The molecular weight excluding hydrogens is 234 g/mol. The van der Waals surface area contributed by atoms with Crippen LogP contribution in [0.1, 0.15) is 25.3 Å². The molecule has 0 radical (unpaired) electrons. The Morgan fingerprint density at radius 1 is 1.56 bits per heavy atom. The normalized spacial score (nSPS) is 9.94. The van der Waals surface area contributed by atoms with Crippen molar-refractivity contribution in [1.29, 1.82) is 0 Å². The molecule has 4 N–H and O–H groups in total. The highest BCUT2D eigenvalue weighted by Crippen LogP contribution is 2.11. The third-order valence-electron chi connectivity index (χ3n) is 2.26. The highest BCUT2D eigenvalue weighted by Gasteiger charge is 2.04. The lowest BCUT2D eigenvalue weighted by molar-refractivity contribution is -0.143. The minimum Gasteiger partial charge on any atom is -0.466 e. The first-order chi connectivity index (χ1) is 8.67. The van der Waals surface area contributed by atoms with Crippen LogP contribution in [0, 0.1) is 6.92 Å². The van der Waals surface area contributed by atoms with Crippen molar-refractivity contribution in [2.24, 2.45) is 5.84 Å². The summed E-state index contributed by atoms with van der Waals surface area (Å²) in [5.41, 5.74) is 3.31. The van der Waals surface area contributed by atoms with Crippen LogP contribution in [-0.4, -0.2) is 29.1 Å². The van der Waals surface area contributed by atoms with Crippen molar-refractivity contribution >= 4 is 17.7 Å². The summed E-state index contributed by atoms with van der Waals surface area (Å²) in [6.07, 6.45) is 2.76. The van der Waals surface area contributed by atoms with Crippen molar-refractivity contribution in [3.8, 4) is 0 Å². The largest absolute Gasteiger partial charge is 0.466 e. The molecule has 0 aliphatic heterocycles. The van der Waals surface area contributed by atoms with Crippen LogP contribution in [0.15, 0.2) is 6.20 Å². The number of nitrogens with two attached hydrogens (primary N) is 1. The Labute approximate surface area is 106 Å². The lowest BCUT2D eigenvalue weighted by atomic mass is 10.3. The molecule has 1 heterocycles. The number of ether oxygens (including phenoxy) is 1. The number of rotatable bonds is 7. The summed E-state index contributed by atoms with van der Waals surface area (Å²) in [4.78, 5) is 19.3. The smallest absolute Gasteiger partial charge is 0.305 e. The Morgan fingerprint density at radius 2 is 2.33 bits per heavy atom. The van der Waals surface area contributed by atoms with Gasteiger partial charge in [0.05, 0.1) is 6.61 Å². The monoisotopic (exact) mass is 253 g/mol. The van der Waals surface area contributed by atoms with E-state index >= 15 is 0 Å². The van der Waals surface area contributed by atoms with E-state index in [9.17, 15) is 4.79 Å². The standard InChI is InChI=1S/C11H19N5O2/c1-3-18-9(17)5-4-6-13-10-8(2)7-14-11(15-10)16-12/h7H,3-6,12H2,1-2H3,(H2,13,14,15,16). The van der Waals surface area contributed by atoms with Crippen LogP contribution < -0.4 is 16.6 Å². The van der Waals surface area contributed by atoms with Gasteiger partial charge in [-0.25, -0.2) is 10.8 Å². The van der Waals surface area contributed by atoms with E-state index in [0.29, 0.717) is 37.8 Å². The second kappa shape index (κ2) is 7.44. The summed E-state index contributed by atoms with van der Waals surface area (Å²) < 4.78 is 4.84. The zero-order valence-electron chi connectivity index (χ0n) is 10.7. The van der Waals surface area contributed by atoms with Crippen molar-refractivity contribution in [3.63, 3.8) is 0 Å². The quantitative estimate of drug-likeness (QED) is 0.286. The maximum atomic E-state index is 11.1. The van der Waals surface area contributed by atoms with Crippen LogP contribution in [0.25, 0.3) is 0 Å². The fourth-order valence-electron chi connectivity index (χ4n) is 1.36. The van der Waals surface area contributed by atoms with Gasteiger partial charge in [0.2, 0.25) is 5.95 Å². The maximum Gasteiger partial charge on any atom is 0.305 e. The number of hydrazine groups is 1. The van der Waals surface area contributed by atoms with E-state index < -0.39 is 0 Å². The van der Waals surface area contributed by atoms with Crippen LogP contribution in [0.5, 0.6) is 0 Å². The van der Waals surface area contributed by atoms with Crippen molar-refractivity contribution in [2.45, 2.75) is 26.7 Å². The van der Waals surface area contributed by atoms with E-state index in [1.165, 1.54) is 0 Å². The summed E-state index contributed by atoms with van der Waals surface area (Å²) >= 11 is 0. The van der Waals surface area contributed by atoms with Gasteiger partial charge in [0.1, 0.15) is 5.82 Å². The fraction of sp³-hybridized carbons (Fsp3) is 0.545. The number of carbonyl (C=O) groups excluding carboxylic acids is 1. The third-order valence-corrected chi connectivity index (χ3v) is 2.26. The molecule has 0 fully saturated rings. The molecule has 100 valence electrons. The molecule has 7 nitrogen and oxygen atoms in total. The van der Waals surface area contributed by atoms with Gasteiger partial charge in [-0.05, 0) is 20.3 Å². The van der Waals surface area contributed by atoms with Gasteiger partial charge in [-0.15, -0.1) is 0 Å². The van der Waals surface area contributed by atoms with Gasteiger partial charge in [-0.2, -0.15) is 4.98 Å². The number of esters is 1. The van der Waals surface area contributed by atoms with Gasteiger partial charge in [0, 0.05) is 24.7 Å². The fourth-order valence-corrected chi connectivity index (χ4v) is 1.36. The summed E-state index contributed by atoms with van der Waals surface area (Å²) in [5, 5.41) is 3.13. The van der Waals surface area contributed by atoms with Crippen LogP contribution in [-0.2, 0) is 9.53 Å². The molecule has 0 saturated heterocycles. The molecule has 0 unspecified atom stereocenters. The number of nitrogens with zero attached hydrogens (tertiary/aromatic N) is 2. The number of nitrogens with one attached hydrogen (secondary N) is 2. The average Bonchev–Trinajstić information content (AvgIpc) is 2.37. The Kier molecular flexibility index (Phi) is 5.86. The minimum atomic E-state index is -0.178. The van der Waals surface area contributed by atoms with E-state index in [1.54, 1.807) is 13.1 Å². The number of anilines is 2. The summed E-state index contributed by atoms with van der Waals surface area (Å²) in [6.45, 7) is 4.75. The Morgan fingerprint density at radius 3 is 3.00 bits per heavy atom. The zero-order valence-corrected chi connectivity index (χ0v) is 10.7. The van der Waals surface area contributed by atoms with Gasteiger partial charge in [-0.3, -0.25) is 10.2 Å². The van der Waals surface area contributed by atoms with Gasteiger partial charge in [0.25, 0.3) is 0 Å². The molecule has 1 aromatic rings. The Hall–Kier alpha value is -1.89. The average molecular weight is 253 g/mol. The summed E-state index contributed by atoms with van der Waals surface area (Å²) in [6, 6.07) is 0. The van der Waals surface area contributed by atoms with Gasteiger partial charge in [0.15, 0.2) is 0 Å². The van der Waals surface area contributed by atoms with Crippen LogP contribution in [0.3, 0.4) is 0 Å². The van der Waals surface area contributed by atoms with Crippen molar-refractivity contribution in [2.75, 3.05) is 23.9 Å². The highest BCUT2D eigenvalue weighted by atomic mass is 16.5. The molecule has 0 saturated carbocycles. The number of nitrogen functional groups attached to an aromatic ring is 1. The lowest BCUT2D eigenvalue weighted by Gasteiger charge is -2.09. The van der Waals surface area contributed by atoms with Gasteiger partial charge in [-0.1, -0.05) is 0 Å². The number of carbonyl (C=O) groups is 1. The van der Waals surface area contributed by atoms with Crippen LogP contribution >= 0.6 is 0 Å². The van der Waals surface area contributed by atoms with Crippen LogP contribution in [0.4, 0.5) is 11.8 Å². The molecule has 0 aromatic carbocycles. The summed E-state index contributed by atoms with van der Waals surface area (Å²) in [7, 11) is 0. The molecule has 18 heavy (non-hydrogen) atoms. The molecule has 0 aliphatic carbocycles. The number of hydrogen-bond acceptors (Lipinski definition) is 7. The van der Waals surface area contributed by atoms with E-state index in [2.05, 4.69) is 20.7 Å². The first-order valence-corrected chi connectivity index (χ1v) is 5.87. The van der Waals surface area contributed by atoms with E-state index in [-0.39, 0.29) is 5.97 Å². The SMILES string of the molecule is CCOC(=O)CCCNc1nc(NN)ncc1C. The van der Waals surface area contributed by atoms with E-state index in [1.807, 2.05) is 6.92 Å². The van der Waals surface area contributed by atoms with Crippen molar-refractivity contribution < 1.29 is 9.53 Å². The topological polar surface area (TPSA) is 102 Å². The first kappa shape index (κ1) is 14.2. The second-order valence-electron chi connectivity index (χ2n) is 3.70. The highest BCUT2D eigenvalue weighted by molar-refractivity contribution is 5.69. The summed E-state index contributed by atoms with van der Waals surface area (Å²) in [5.74, 6) is 6.12. The first-order valence-electron chi connectivity index (χ1n) is 5.87. The molecule has 7 heteroatoms.